The van der Waals surface area contributed by atoms with Gasteiger partial charge in [0.1, 0.15) is 6.54 Å². The summed E-state index contributed by atoms with van der Waals surface area (Å²) in [5.41, 5.74) is -0.221. The van der Waals surface area contributed by atoms with Crippen molar-refractivity contribution in [3.63, 3.8) is 0 Å². The second-order valence-electron chi connectivity index (χ2n) is 2.50. The Hall–Kier alpha value is -1.65. The number of nitrogens with one attached hydrogen (secondary N) is 1. The molecule has 0 aromatic carbocycles. The van der Waals surface area contributed by atoms with Crippen LogP contribution in [-0.2, 0) is 11.3 Å². The molecule has 1 aromatic rings. The van der Waals surface area contributed by atoms with Gasteiger partial charge in [0.2, 0.25) is 5.91 Å². The van der Waals surface area contributed by atoms with Crippen molar-refractivity contribution in [2.75, 3.05) is 6.54 Å². The van der Waals surface area contributed by atoms with Crippen LogP contribution in [-0.4, -0.2) is 22.0 Å². The molecule has 0 radical (unpaired) electrons. The van der Waals surface area contributed by atoms with Gasteiger partial charge in [-0.3, -0.25) is 14.2 Å². The van der Waals surface area contributed by atoms with E-state index < -0.39 is 0 Å². The molecule has 0 spiro atoms. The summed E-state index contributed by atoms with van der Waals surface area (Å²) in [6.45, 7) is 2.41. The number of nitrogens with zero attached hydrogens (tertiary/aromatic N) is 2. The van der Waals surface area contributed by atoms with Crippen molar-refractivity contribution in [3.8, 4) is 0 Å². The fraction of sp³-hybridized carbons (Fsp3) is 0.375. The zero-order valence-corrected chi connectivity index (χ0v) is 7.36. The molecule has 1 amide bonds. The third kappa shape index (κ3) is 2.70. The van der Waals surface area contributed by atoms with Crippen LogP contribution in [0.3, 0.4) is 0 Å². The number of aromatic nitrogens is 2. The fourth-order valence-corrected chi connectivity index (χ4v) is 0.905. The molecule has 0 bridgehead atoms. The highest BCUT2D eigenvalue weighted by Gasteiger charge is 2.01. The van der Waals surface area contributed by atoms with Gasteiger partial charge >= 0.3 is 0 Å². The first-order valence-electron chi connectivity index (χ1n) is 4.01. The molecule has 0 aliphatic heterocycles. The number of hydrogen-bond donors (Lipinski definition) is 1. The van der Waals surface area contributed by atoms with E-state index in [9.17, 15) is 9.59 Å². The Labute approximate surface area is 75.4 Å². The molecule has 0 fully saturated rings. The summed E-state index contributed by atoms with van der Waals surface area (Å²) < 4.78 is 1.25. The van der Waals surface area contributed by atoms with E-state index in [1.807, 2.05) is 6.92 Å². The predicted octanol–water partition coefficient (Wildman–Crippen LogP) is -0.621. The van der Waals surface area contributed by atoms with Crippen molar-refractivity contribution in [3.05, 3.63) is 28.9 Å². The zero-order chi connectivity index (χ0) is 9.68. The molecular weight excluding hydrogens is 170 g/mol. The molecular formula is C8H11N3O2. The third-order valence-electron chi connectivity index (χ3n) is 1.48. The standard InChI is InChI=1S/C8H11N3O2/c1-2-10-7(12)5-11-6-9-4-3-8(11)13/h3-4,6H,2,5H2,1H3,(H,10,12). The maximum atomic E-state index is 11.1. The summed E-state index contributed by atoms with van der Waals surface area (Å²) in [4.78, 5) is 25.9. The Kier molecular flexibility index (Phi) is 3.19. The molecule has 1 aromatic heterocycles. The first-order valence-corrected chi connectivity index (χ1v) is 4.01. The van der Waals surface area contributed by atoms with Gasteiger partial charge in [0.15, 0.2) is 0 Å². The third-order valence-corrected chi connectivity index (χ3v) is 1.48. The van der Waals surface area contributed by atoms with Gasteiger partial charge in [-0.2, -0.15) is 0 Å². The fourth-order valence-electron chi connectivity index (χ4n) is 0.905. The molecule has 0 saturated heterocycles. The first-order chi connectivity index (χ1) is 6.24. The molecule has 1 heterocycles. The predicted molar refractivity (Wildman–Crippen MR) is 47.2 cm³/mol. The summed E-state index contributed by atoms with van der Waals surface area (Å²) in [6.07, 6.45) is 2.74. The molecule has 0 atom stereocenters. The minimum absolute atomic E-state index is 0.0283. The quantitative estimate of drug-likeness (QED) is 0.675. The lowest BCUT2D eigenvalue weighted by molar-refractivity contribution is -0.121. The summed E-state index contributed by atoms with van der Waals surface area (Å²) in [5, 5.41) is 2.59. The van der Waals surface area contributed by atoms with E-state index in [0.717, 1.165) is 0 Å². The highest BCUT2D eigenvalue weighted by atomic mass is 16.2. The van der Waals surface area contributed by atoms with Crippen LogP contribution in [0.1, 0.15) is 6.92 Å². The molecule has 5 nitrogen and oxygen atoms in total. The van der Waals surface area contributed by atoms with Crippen molar-refractivity contribution in [1.29, 1.82) is 0 Å². The van der Waals surface area contributed by atoms with Crippen LogP contribution in [0.5, 0.6) is 0 Å². The molecule has 70 valence electrons. The van der Waals surface area contributed by atoms with Crippen molar-refractivity contribution in [2.24, 2.45) is 0 Å². The molecule has 0 saturated carbocycles. The van der Waals surface area contributed by atoms with Crippen molar-refractivity contribution >= 4 is 5.91 Å². The number of likely N-dealkylation sites (N-methyl/N-ethyl adjacent to an activating group) is 1. The van der Waals surface area contributed by atoms with Gasteiger partial charge in [0, 0.05) is 18.8 Å². The Balaban J connectivity index is 2.69. The van der Waals surface area contributed by atoms with Crippen LogP contribution >= 0.6 is 0 Å². The van der Waals surface area contributed by atoms with E-state index >= 15 is 0 Å². The molecule has 5 heteroatoms. The number of rotatable bonds is 3. The maximum Gasteiger partial charge on any atom is 0.253 e. The van der Waals surface area contributed by atoms with Crippen LogP contribution in [0, 0.1) is 0 Å². The summed E-state index contributed by atoms with van der Waals surface area (Å²) in [7, 11) is 0. The van der Waals surface area contributed by atoms with Crippen molar-refractivity contribution in [2.45, 2.75) is 13.5 Å². The lowest BCUT2D eigenvalue weighted by atomic mass is 10.5. The van der Waals surface area contributed by atoms with E-state index in [2.05, 4.69) is 10.3 Å². The highest BCUT2D eigenvalue weighted by molar-refractivity contribution is 5.75. The van der Waals surface area contributed by atoms with Crippen LogP contribution in [0.15, 0.2) is 23.4 Å². The topological polar surface area (TPSA) is 64.0 Å². The van der Waals surface area contributed by atoms with E-state index in [4.69, 9.17) is 0 Å². The van der Waals surface area contributed by atoms with Crippen molar-refractivity contribution < 1.29 is 4.79 Å². The number of carbonyl (C=O) groups excluding carboxylic acids is 1. The second-order valence-corrected chi connectivity index (χ2v) is 2.50. The number of hydrogen-bond acceptors (Lipinski definition) is 3. The normalized spacial score (nSPS) is 9.62. The number of amides is 1. The van der Waals surface area contributed by atoms with E-state index in [1.165, 1.54) is 23.2 Å². The molecule has 0 aliphatic carbocycles. The van der Waals surface area contributed by atoms with E-state index in [0.29, 0.717) is 6.54 Å². The van der Waals surface area contributed by atoms with Gasteiger partial charge < -0.3 is 5.32 Å². The van der Waals surface area contributed by atoms with Gasteiger partial charge in [-0.25, -0.2) is 4.98 Å². The average molecular weight is 181 g/mol. The van der Waals surface area contributed by atoms with Gasteiger partial charge in [-0.15, -0.1) is 0 Å². The largest absolute Gasteiger partial charge is 0.355 e. The second kappa shape index (κ2) is 4.39. The lowest BCUT2D eigenvalue weighted by Gasteiger charge is -2.03. The minimum atomic E-state index is -0.221. The van der Waals surface area contributed by atoms with Gasteiger partial charge in [0.25, 0.3) is 5.56 Å². The summed E-state index contributed by atoms with van der Waals surface area (Å²) >= 11 is 0. The molecule has 1 N–H and O–H groups in total. The monoisotopic (exact) mass is 181 g/mol. The van der Waals surface area contributed by atoms with Crippen LogP contribution in [0.25, 0.3) is 0 Å². The Morgan fingerprint density at radius 3 is 3.08 bits per heavy atom. The molecule has 13 heavy (non-hydrogen) atoms. The molecule has 0 unspecified atom stereocenters. The van der Waals surface area contributed by atoms with Crippen LogP contribution in [0.2, 0.25) is 0 Å². The molecule has 1 rings (SSSR count). The van der Waals surface area contributed by atoms with Crippen LogP contribution < -0.4 is 10.9 Å². The first kappa shape index (κ1) is 9.44. The maximum absolute atomic E-state index is 11.1. The van der Waals surface area contributed by atoms with Gasteiger partial charge in [-0.05, 0) is 6.92 Å². The minimum Gasteiger partial charge on any atom is -0.355 e. The smallest absolute Gasteiger partial charge is 0.253 e. The summed E-state index contributed by atoms with van der Waals surface area (Å²) in [6, 6.07) is 1.32. The van der Waals surface area contributed by atoms with Gasteiger partial charge in [0.05, 0.1) is 6.33 Å². The average Bonchev–Trinajstić information content (AvgIpc) is 2.09. The zero-order valence-electron chi connectivity index (χ0n) is 7.36. The highest BCUT2D eigenvalue weighted by Crippen LogP contribution is 1.78. The summed E-state index contributed by atoms with van der Waals surface area (Å²) in [5.74, 6) is -0.183. The van der Waals surface area contributed by atoms with Crippen molar-refractivity contribution in [1.82, 2.24) is 14.9 Å². The Morgan fingerprint density at radius 2 is 2.46 bits per heavy atom. The van der Waals surface area contributed by atoms with E-state index in [-0.39, 0.29) is 18.0 Å². The van der Waals surface area contributed by atoms with Crippen LogP contribution in [0.4, 0.5) is 0 Å². The van der Waals surface area contributed by atoms with Gasteiger partial charge in [-0.1, -0.05) is 0 Å². The SMILES string of the molecule is CCNC(=O)Cn1cnccc1=O. The van der Waals surface area contributed by atoms with E-state index in [1.54, 1.807) is 0 Å². The number of carbonyl (C=O) groups is 1. The Bertz CT molecular complexity index is 345. The lowest BCUT2D eigenvalue weighted by Crippen LogP contribution is -2.31. The Morgan fingerprint density at radius 1 is 1.69 bits per heavy atom. The molecule has 0 aliphatic rings.